The molecule has 0 fully saturated rings. The van der Waals surface area contributed by atoms with Crippen molar-refractivity contribution >= 4 is 71.4 Å². The molecule has 8 nitrogen and oxygen atoms in total. The normalized spacial score (nSPS) is 11.1. The van der Waals surface area contributed by atoms with Crippen LogP contribution in [0.4, 0.5) is 22.7 Å². The van der Waals surface area contributed by atoms with E-state index < -0.39 is 0 Å². The van der Waals surface area contributed by atoms with E-state index in [1.165, 1.54) is 44.9 Å². The number of fused-ring (bicyclic) bond motifs is 2. The molecule has 4 heterocycles. The van der Waals surface area contributed by atoms with Crippen LogP contribution in [0, 0.1) is 11.3 Å². The molecule has 0 aliphatic carbocycles. The Morgan fingerprint density at radius 1 is 0.600 bits per heavy atom. The number of aromatic nitrogens is 2. The third-order valence-electron chi connectivity index (χ3n) is 7.94. The lowest BCUT2D eigenvalue weighted by Crippen LogP contribution is -2.13. The van der Waals surface area contributed by atoms with Crippen molar-refractivity contribution < 1.29 is 0 Å². The van der Waals surface area contributed by atoms with Gasteiger partial charge in [0.2, 0.25) is 0 Å². The fourth-order valence-corrected chi connectivity index (χ4v) is 7.24. The fraction of sp³-hybridized carbons (Fsp3) is 0. The van der Waals surface area contributed by atoms with Crippen LogP contribution in [0.2, 0.25) is 0 Å². The Balaban J connectivity index is 0.000000157. The van der Waals surface area contributed by atoms with Gasteiger partial charge in [-0.15, -0.1) is 22.7 Å². The molecule has 0 aliphatic rings. The summed E-state index contributed by atoms with van der Waals surface area (Å²) in [7, 11) is 0. The van der Waals surface area contributed by atoms with Gasteiger partial charge in [-0.3, -0.25) is 9.97 Å². The standard InChI is InChI=1S/C20H17N5S.C20H13N3S/c21-20(25-22)18-10-16-17(11-23-12-19(16)26-18)24-15-8-6-14(7-9-15)13-4-2-1-3-5-13;21-11-17-10-18-19(12-22-13-20(18)24-17)23-16-8-6-15(7-9-16)14-4-2-1-3-5-14/h1-12,24H,22H2,(H2,21,25);1-10,12-13,23H. The molecule has 10 heteroatoms. The van der Waals surface area contributed by atoms with Crippen LogP contribution in [0.15, 0.2) is 151 Å². The maximum atomic E-state index is 9.08. The highest BCUT2D eigenvalue weighted by Gasteiger charge is 2.10. The number of pyridine rings is 2. The van der Waals surface area contributed by atoms with Gasteiger partial charge < -0.3 is 22.2 Å². The third-order valence-corrected chi connectivity index (χ3v) is 10.0. The monoisotopic (exact) mass is 686 g/mol. The number of hydrogen-bond acceptors (Lipinski definition) is 9. The van der Waals surface area contributed by atoms with Crippen molar-refractivity contribution in [1.82, 2.24) is 9.97 Å². The molecule has 0 amide bonds. The second kappa shape index (κ2) is 14.7. The number of thiophene rings is 2. The first-order chi connectivity index (χ1) is 24.6. The van der Waals surface area contributed by atoms with Crippen LogP contribution < -0.4 is 22.2 Å². The zero-order valence-corrected chi connectivity index (χ0v) is 28.2. The third kappa shape index (κ3) is 7.15. The number of amidine groups is 1. The van der Waals surface area contributed by atoms with Crippen LogP contribution in [-0.2, 0) is 0 Å². The average molecular weight is 687 g/mol. The van der Waals surface area contributed by atoms with Crippen molar-refractivity contribution in [2.45, 2.75) is 0 Å². The summed E-state index contributed by atoms with van der Waals surface area (Å²) >= 11 is 2.97. The molecule has 0 spiro atoms. The van der Waals surface area contributed by atoms with Gasteiger partial charge in [-0.1, -0.05) is 84.9 Å². The number of nitrogens with two attached hydrogens (primary N) is 2. The molecule has 4 aromatic carbocycles. The minimum Gasteiger partial charge on any atom is -0.381 e. The quantitative estimate of drug-likeness (QED) is 0.0567. The summed E-state index contributed by atoms with van der Waals surface area (Å²) in [5, 5.41) is 21.5. The predicted molar refractivity (Wildman–Crippen MR) is 209 cm³/mol. The van der Waals surface area contributed by atoms with Gasteiger partial charge in [0.15, 0.2) is 5.84 Å². The summed E-state index contributed by atoms with van der Waals surface area (Å²) in [5.74, 6) is 5.61. The number of nitrogens with one attached hydrogen (secondary N) is 2. The highest BCUT2D eigenvalue weighted by Crippen LogP contribution is 2.34. The van der Waals surface area contributed by atoms with Crippen molar-refractivity contribution in [3.63, 3.8) is 0 Å². The van der Waals surface area contributed by atoms with E-state index in [4.69, 9.17) is 16.8 Å². The lowest BCUT2D eigenvalue weighted by Gasteiger charge is -2.08. The Morgan fingerprint density at radius 3 is 1.54 bits per heavy atom. The minimum absolute atomic E-state index is 0.323. The average Bonchev–Trinajstić information content (AvgIpc) is 3.82. The molecule has 0 saturated carbocycles. The van der Waals surface area contributed by atoms with Gasteiger partial charge in [0.05, 0.1) is 38.0 Å². The van der Waals surface area contributed by atoms with E-state index in [-0.39, 0.29) is 0 Å². The van der Waals surface area contributed by atoms with Gasteiger partial charge in [0.25, 0.3) is 0 Å². The molecule has 0 aliphatic heterocycles. The molecular weight excluding hydrogens is 657 g/mol. The Kier molecular flexibility index (Phi) is 9.42. The van der Waals surface area contributed by atoms with E-state index >= 15 is 0 Å². The lowest BCUT2D eigenvalue weighted by atomic mass is 10.1. The van der Waals surface area contributed by atoms with Crippen molar-refractivity contribution in [3.8, 4) is 28.3 Å². The first kappa shape index (κ1) is 32.0. The molecule has 8 aromatic rings. The molecule has 6 N–H and O–H groups in total. The Labute approximate surface area is 297 Å². The number of hydrogen-bond donors (Lipinski definition) is 4. The minimum atomic E-state index is 0.323. The van der Waals surface area contributed by atoms with Gasteiger partial charge in [0.1, 0.15) is 10.9 Å². The number of nitrogens with zero attached hydrogens (tertiary/aromatic N) is 4. The van der Waals surface area contributed by atoms with E-state index in [1.54, 1.807) is 18.6 Å². The van der Waals surface area contributed by atoms with E-state index in [0.29, 0.717) is 10.7 Å². The number of rotatable bonds is 7. The van der Waals surface area contributed by atoms with Gasteiger partial charge >= 0.3 is 0 Å². The first-order valence-corrected chi connectivity index (χ1v) is 17.2. The SMILES string of the molecule is N#Cc1cc2c(Nc3ccc(-c4ccccc4)cc3)cncc2s1.N/N=C(\N)c1cc2c(Nc3ccc(-c4ccccc4)cc3)cncc2s1. The van der Waals surface area contributed by atoms with Crippen LogP contribution in [0.25, 0.3) is 42.4 Å². The number of anilines is 4. The van der Waals surface area contributed by atoms with Crippen molar-refractivity contribution in [2.75, 3.05) is 10.6 Å². The molecule has 4 aromatic heterocycles. The van der Waals surface area contributed by atoms with Gasteiger partial charge in [-0.2, -0.15) is 10.4 Å². The summed E-state index contributed by atoms with van der Waals surface area (Å²) < 4.78 is 2.04. The van der Waals surface area contributed by atoms with Crippen LogP contribution in [0.3, 0.4) is 0 Å². The molecule has 0 saturated heterocycles. The van der Waals surface area contributed by atoms with E-state index in [1.807, 2.05) is 54.7 Å². The largest absolute Gasteiger partial charge is 0.381 e. The summed E-state index contributed by atoms with van der Waals surface area (Å²) in [6, 6.07) is 43.3. The summed E-state index contributed by atoms with van der Waals surface area (Å²) in [6.07, 6.45) is 7.21. The van der Waals surface area contributed by atoms with E-state index in [9.17, 15) is 0 Å². The van der Waals surface area contributed by atoms with Crippen molar-refractivity contribution in [2.24, 2.45) is 16.7 Å². The summed E-state index contributed by atoms with van der Waals surface area (Å²) in [6.45, 7) is 0. The van der Waals surface area contributed by atoms with Crippen molar-refractivity contribution in [1.29, 1.82) is 5.26 Å². The highest BCUT2D eigenvalue weighted by molar-refractivity contribution is 7.21. The molecule has 0 bridgehead atoms. The lowest BCUT2D eigenvalue weighted by molar-refractivity contribution is 1.23. The van der Waals surface area contributed by atoms with Gasteiger partial charge in [-0.05, 0) is 58.7 Å². The summed E-state index contributed by atoms with van der Waals surface area (Å²) in [4.78, 5) is 10.1. The molecule has 0 radical (unpaired) electrons. The maximum Gasteiger partial charge on any atom is 0.160 e. The fourth-order valence-electron chi connectivity index (χ4n) is 5.43. The Bertz CT molecular complexity index is 2450. The molecule has 242 valence electrons. The number of nitriles is 1. The Morgan fingerprint density at radius 2 is 1.06 bits per heavy atom. The summed E-state index contributed by atoms with van der Waals surface area (Å²) in [5.41, 5.74) is 14.4. The topological polar surface area (TPSA) is 138 Å². The zero-order valence-electron chi connectivity index (χ0n) is 26.6. The van der Waals surface area contributed by atoms with E-state index in [0.717, 1.165) is 47.8 Å². The molecule has 50 heavy (non-hydrogen) atoms. The first-order valence-electron chi connectivity index (χ1n) is 15.6. The molecule has 0 unspecified atom stereocenters. The number of benzene rings is 4. The zero-order chi connectivity index (χ0) is 34.3. The van der Waals surface area contributed by atoms with Gasteiger partial charge in [0, 0.05) is 34.5 Å². The number of hydrazone groups is 1. The van der Waals surface area contributed by atoms with Gasteiger partial charge in [-0.25, -0.2) is 0 Å². The highest BCUT2D eigenvalue weighted by atomic mass is 32.1. The smallest absolute Gasteiger partial charge is 0.160 e. The van der Waals surface area contributed by atoms with E-state index in [2.05, 4.69) is 105 Å². The predicted octanol–water partition coefficient (Wildman–Crippen LogP) is 9.86. The molecular formula is C40H30N8S2. The van der Waals surface area contributed by atoms with Crippen LogP contribution in [0.1, 0.15) is 9.75 Å². The second-order valence-corrected chi connectivity index (χ2v) is 13.3. The Hall–Kier alpha value is -6.54. The molecule has 8 rings (SSSR count). The maximum absolute atomic E-state index is 9.08. The van der Waals surface area contributed by atoms with Crippen LogP contribution in [-0.4, -0.2) is 15.8 Å². The van der Waals surface area contributed by atoms with Crippen LogP contribution >= 0.6 is 22.7 Å². The molecule has 0 atom stereocenters. The van der Waals surface area contributed by atoms with Crippen molar-refractivity contribution in [3.05, 3.63) is 156 Å². The second-order valence-electron chi connectivity index (χ2n) is 11.2. The van der Waals surface area contributed by atoms with Crippen LogP contribution in [0.5, 0.6) is 0 Å².